The summed E-state index contributed by atoms with van der Waals surface area (Å²) >= 11 is 1.06. The fraction of sp³-hybridized carbons (Fsp3) is 0.250. The van der Waals surface area contributed by atoms with E-state index in [1.165, 1.54) is 24.3 Å². The van der Waals surface area contributed by atoms with E-state index in [4.69, 9.17) is 0 Å². The van der Waals surface area contributed by atoms with Crippen LogP contribution >= 0.6 is 11.5 Å². The molecule has 0 saturated heterocycles. The van der Waals surface area contributed by atoms with Crippen molar-refractivity contribution in [2.45, 2.75) is 31.2 Å². The Morgan fingerprint density at radius 1 is 0.975 bits per heavy atom. The Hall–Kier alpha value is -3.90. The van der Waals surface area contributed by atoms with Crippen LogP contribution in [0, 0.1) is 11.6 Å². The van der Waals surface area contributed by atoms with Gasteiger partial charge in [-0.25, -0.2) is 22.0 Å². The van der Waals surface area contributed by atoms with E-state index in [1.54, 1.807) is 53.4 Å². The fourth-order valence-electron chi connectivity index (χ4n) is 4.48. The van der Waals surface area contributed by atoms with Gasteiger partial charge in [0.1, 0.15) is 11.6 Å². The first-order valence-corrected chi connectivity index (χ1v) is 15.3. The number of hydrogen-bond acceptors (Lipinski definition) is 6. The summed E-state index contributed by atoms with van der Waals surface area (Å²) < 4.78 is 56.7. The zero-order valence-corrected chi connectivity index (χ0v) is 23.2. The molecule has 8 nitrogen and oxygen atoms in total. The van der Waals surface area contributed by atoms with Crippen LogP contribution in [0.25, 0.3) is 11.4 Å². The number of nitrogens with zero attached hydrogens (tertiary/aromatic N) is 3. The molecular formula is C28H27F2N5O3S2. The second-order valence-electron chi connectivity index (χ2n) is 9.67. The Morgan fingerprint density at radius 2 is 1.55 bits per heavy atom. The molecule has 0 aliphatic heterocycles. The zero-order valence-electron chi connectivity index (χ0n) is 21.6. The van der Waals surface area contributed by atoms with Gasteiger partial charge in [0.05, 0.1) is 6.26 Å². The van der Waals surface area contributed by atoms with Crippen molar-refractivity contribution in [1.29, 1.82) is 0 Å². The minimum Gasteiger partial charge on any atom is -0.321 e. The predicted molar refractivity (Wildman–Crippen MR) is 152 cm³/mol. The van der Waals surface area contributed by atoms with Crippen LogP contribution in [0.5, 0.6) is 0 Å². The molecule has 0 spiro atoms. The molecule has 5 rings (SSSR count). The van der Waals surface area contributed by atoms with Gasteiger partial charge >= 0.3 is 6.03 Å². The average molecular weight is 584 g/mol. The van der Waals surface area contributed by atoms with Gasteiger partial charge in [-0.15, -0.1) is 0 Å². The van der Waals surface area contributed by atoms with E-state index < -0.39 is 10.0 Å². The molecule has 1 heterocycles. The van der Waals surface area contributed by atoms with Gasteiger partial charge in [-0.1, -0.05) is 24.3 Å². The quantitative estimate of drug-likeness (QED) is 0.236. The predicted octanol–water partition coefficient (Wildman–Crippen LogP) is 6.07. The van der Waals surface area contributed by atoms with Crippen LogP contribution in [-0.2, 0) is 10.0 Å². The molecule has 12 heteroatoms. The fourth-order valence-corrected chi connectivity index (χ4v) is 5.62. The zero-order chi connectivity index (χ0) is 28.3. The smallest absolute Gasteiger partial charge is 0.321 e. The Kier molecular flexibility index (Phi) is 8.08. The van der Waals surface area contributed by atoms with Crippen molar-refractivity contribution in [2.24, 2.45) is 0 Å². The number of aromatic nitrogens is 2. The molecule has 0 radical (unpaired) electrons. The molecule has 1 aromatic heterocycles. The maximum atomic E-state index is 13.6. The lowest BCUT2D eigenvalue weighted by Crippen LogP contribution is -2.38. The molecule has 1 aliphatic rings. The molecule has 208 valence electrons. The molecule has 0 unspecified atom stereocenters. The number of urea groups is 1. The molecule has 1 saturated carbocycles. The summed E-state index contributed by atoms with van der Waals surface area (Å²) in [5.74, 6) is -0.405. The highest BCUT2D eigenvalue weighted by Gasteiger charge is 2.33. The average Bonchev–Trinajstić information content (AvgIpc) is 3.65. The number of benzene rings is 3. The van der Waals surface area contributed by atoms with Crippen molar-refractivity contribution in [3.05, 3.63) is 95.6 Å². The maximum absolute atomic E-state index is 13.6. The number of anilines is 2. The third kappa shape index (κ3) is 7.19. The highest BCUT2D eigenvalue weighted by molar-refractivity contribution is 7.92. The van der Waals surface area contributed by atoms with E-state index in [2.05, 4.69) is 19.4 Å². The van der Waals surface area contributed by atoms with Crippen LogP contribution in [0.1, 0.15) is 36.3 Å². The summed E-state index contributed by atoms with van der Waals surface area (Å²) in [7, 11) is -3.38. The van der Waals surface area contributed by atoms with Crippen LogP contribution in [0.2, 0.25) is 0 Å². The number of rotatable bonds is 10. The lowest BCUT2D eigenvalue weighted by molar-refractivity contribution is 0.207. The highest BCUT2D eigenvalue weighted by Crippen LogP contribution is 2.33. The van der Waals surface area contributed by atoms with Gasteiger partial charge in [-0.3, -0.25) is 10.0 Å². The molecule has 1 fully saturated rings. The van der Waals surface area contributed by atoms with Gasteiger partial charge in [0.2, 0.25) is 15.2 Å². The Morgan fingerprint density at radius 3 is 2.08 bits per heavy atom. The molecule has 2 N–H and O–H groups in total. The summed E-state index contributed by atoms with van der Waals surface area (Å²) in [5, 5.41) is 3.20. The maximum Gasteiger partial charge on any atom is 0.323 e. The molecule has 2 amide bonds. The van der Waals surface area contributed by atoms with E-state index in [-0.39, 0.29) is 29.6 Å². The number of carbonyl (C=O) groups is 1. The minimum absolute atomic E-state index is 0.115. The van der Waals surface area contributed by atoms with Crippen LogP contribution in [0.15, 0.2) is 72.8 Å². The van der Waals surface area contributed by atoms with E-state index >= 15 is 0 Å². The number of carbonyl (C=O) groups excluding carboxylic acids is 1. The summed E-state index contributed by atoms with van der Waals surface area (Å²) in [6, 6.07) is 18.9. The second-order valence-corrected chi connectivity index (χ2v) is 12.2. The van der Waals surface area contributed by atoms with Gasteiger partial charge in [-0.05, 0) is 78.9 Å². The van der Waals surface area contributed by atoms with E-state index in [0.29, 0.717) is 35.2 Å². The normalized spacial score (nSPS) is 13.3. The first-order chi connectivity index (χ1) is 19.1. The summed E-state index contributed by atoms with van der Waals surface area (Å²) in [5.41, 5.74) is 2.87. The van der Waals surface area contributed by atoms with Crippen LogP contribution in [0.3, 0.4) is 0 Å². The standard InChI is InChI=1S/C28H27F2N5O3S2/c1-40(37,38)34-23-12-6-20(7-13-23)26-31-27(39-33-26)32-28(36)35(24-14-15-24)17-16-25(18-2-8-21(29)9-3-18)19-4-10-22(30)11-5-19/h2-13,24-25,34H,14-17H2,1H3,(H,31,32,33,36). The van der Waals surface area contributed by atoms with Crippen LogP contribution < -0.4 is 10.0 Å². The van der Waals surface area contributed by atoms with Crippen molar-refractivity contribution >= 4 is 38.4 Å². The summed E-state index contributed by atoms with van der Waals surface area (Å²) in [6.07, 6.45) is 3.45. The van der Waals surface area contributed by atoms with Crippen molar-refractivity contribution < 1.29 is 22.0 Å². The van der Waals surface area contributed by atoms with Crippen LogP contribution in [0.4, 0.5) is 24.4 Å². The molecule has 0 atom stereocenters. The SMILES string of the molecule is CS(=O)(=O)Nc1ccc(-c2nsc(NC(=O)N(CCC(c3ccc(F)cc3)c3ccc(F)cc3)C3CC3)n2)cc1. The lowest BCUT2D eigenvalue weighted by Gasteiger charge is -2.26. The van der Waals surface area contributed by atoms with Gasteiger partial charge < -0.3 is 4.90 Å². The monoisotopic (exact) mass is 583 g/mol. The third-order valence-corrected chi connectivity index (χ3v) is 7.78. The Bertz CT molecular complexity index is 1530. The van der Waals surface area contributed by atoms with Gasteiger partial charge in [0.15, 0.2) is 5.82 Å². The Balaban J connectivity index is 1.27. The van der Waals surface area contributed by atoms with E-state index in [0.717, 1.165) is 41.8 Å². The first-order valence-electron chi connectivity index (χ1n) is 12.6. The van der Waals surface area contributed by atoms with Gasteiger partial charge in [0.25, 0.3) is 0 Å². The number of nitrogens with one attached hydrogen (secondary N) is 2. The molecule has 4 aromatic rings. The van der Waals surface area contributed by atoms with Crippen LogP contribution in [-0.4, -0.2) is 47.5 Å². The molecule has 3 aromatic carbocycles. The lowest BCUT2D eigenvalue weighted by atomic mass is 9.88. The van der Waals surface area contributed by atoms with E-state index in [9.17, 15) is 22.0 Å². The molecule has 1 aliphatic carbocycles. The van der Waals surface area contributed by atoms with E-state index in [1.807, 2.05) is 0 Å². The molecule has 40 heavy (non-hydrogen) atoms. The second kappa shape index (κ2) is 11.7. The number of amides is 2. The summed E-state index contributed by atoms with van der Waals surface area (Å²) in [6.45, 7) is 0.441. The molecular weight excluding hydrogens is 556 g/mol. The number of hydrogen-bond donors (Lipinski definition) is 2. The third-order valence-electron chi connectivity index (χ3n) is 6.54. The van der Waals surface area contributed by atoms with Crippen molar-refractivity contribution in [3.63, 3.8) is 0 Å². The summed E-state index contributed by atoms with van der Waals surface area (Å²) in [4.78, 5) is 19.5. The Labute approximate surface area is 235 Å². The van der Waals surface area contributed by atoms with Gasteiger partial charge in [-0.2, -0.15) is 9.36 Å². The minimum atomic E-state index is -3.38. The van der Waals surface area contributed by atoms with Crippen molar-refractivity contribution in [2.75, 3.05) is 22.8 Å². The largest absolute Gasteiger partial charge is 0.323 e. The number of sulfonamides is 1. The topological polar surface area (TPSA) is 104 Å². The van der Waals surface area contributed by atoms with Crippen molar-refractivity contribution in [3.8, 4) is 11.4 Å². The molecule has 0 bridgehead atoms. The number of halogens is 2. The highest BCUT2D eigenvalue weighted by atomic mass is 32.2. The van der Waals surface area contributed by atoms with Gasteiger partial charge in [0, 0.05) is 41.3 Å². The first kappa shape index (κ1) is 27.7. The van der Waals surface area contributed by atoms with Crippen molar-refractivity contribution in [1.82, 2.24) is 14.3 Å².